The zero-order valence-corrected chi connectivity index (χ0v) is 16.0. The van der Waals surface area contributed by atoms with Crippen LogP contribution in [0.1, 0.15) is 70.6 Å². The van der Waals surface area contributed by atoms with Gasteiger partial charge in [-0.3, -0.25) is 9.59 Å². The van der Waals surface area contributed by atoms with Crippen molar-refractivity contribution < 1.29 is 14.3 Å². The number of carbonyl (C=O) groups excluding carboxylic acids is 2. The molecule has 1 aliphatic carbocycles. The van der Waals surface area contributed by atoms with Gasteiger partial charge in [0.15, 0.2) is 0 Å². The van der Waals surface area contributed by atoms with E-state index in [0.717, 1.165) is 64.6 Å². The van der Waals surface area contributed by atoms with Crippen molar-refractivity contribution in [2.45, 2.75) is 76.7 Å². The van der Waals surface area contributed by atoms with Crippen LogP contribution in [0, 0.1) is 5.92 Å². The van der Waals surface area contributed by atoms with E-state index >= 15 is 0 Å². The summed E-state index contributed by atoms with van der Waals surface area (Å²) in [6.07, 6.45) is 13.6. The second kappa shape index (κ2) is 10.1. The van der Waals surface area contributed by atoms with Crippen LogP contribution in [-0.4, -0.2) is 49.1 Å². The molecule has 3 aliphatic rings. The topological polar surface area (TPSA) is 58.6 Å². The van der Waals surface area contributed by atoms with Gasteiger partial charge in [0.05, 0.1) is 6.10 Å². The third-order valence-electron chi connectivity index (χ3n) is 6.06. The Morgan fingerprint density at radius 1 is 1.15 bits per heavy atom. The molecule has 0 aromatic rings. The molecule has 0 spiro atoms. The van der Waals surface area contributed by atoms with Crippen LogP contribution in [0.15, 0.2) is 11.6 Å². The molecule has 3 rings (SSSR count). The van der Waals surface area contributed by atoms with Gasteiger partial charge >= 0.3 is 0 Å². The number of hydrogen-bond acceptors (Lipinski definition) is 3. The van der Waals surface area contributed by atoms with Crippen molar-refractivity contribution in [3.05, 3.63) is 11.6 Å². The van der Waals surface area contributed by atoms with Gasteiger partial charge in [0.25, 0.3) is 0 Å². The van der Waals surface area contributed by atoms with E-state index in [1.807, 2.05) is 4.90 Å². The molecule has 146 valence electrons. The molecular weight excluding hydrogens is 328 g/mol. The molecule has 2 aliphatic heterocycles. The minimum Gasteiger partial charge on any atom is -0.376 e. The van der Waals surface area contributed by atoms with Gasteiger partial charge in [-0.1, -0.05) is 11.6 Å². The average molecular weight is 363 g/mol. The van der Waals surface area contributed by atoms with Crippen LogP contribution < -0.4 is 5.32 Å². The Bertz CT molecular complexity index is 503. The van der Waals surface area contributed by atoms with E-state index in [-0.39, 0.29) is 12.0 Å². The molecule has 2 fully saturated rings. The number of allylic oxidation sites excluding steroid dienone is 1. The lowest BCUT2D eigenvalue weighted by molar-refractivity contribution is -0.132. The molecule has 26 heavy (non-hydrogen) atoms. The van der Waals surface area contributed by atoms with Gasteiger partial charge in [0.2, 0.25) is 11.8 Å². The molecule has 2 heterocycles. The third-order valence-corrected chi connectivity index (χ3v) is 6.06. The number of piperidine rings is 1. The highest BCUT2D eigenvalue weighted by atomic mass is 16.5. The Morgan fingerprint density at radius 2 is 2.00 bits per heavy atom. The van der Waals surface area contributed by atoms with E-state index in [1.54, 1.807) is 0 Å². The number of likely N-dealkylation sites (tertiary alicyclic amines) is 1. The predicted molar refractivity (Wildman–Crippen MR) is 102 cm³/mol. The lowest BCUT2D eigenvalue weighted by atomic mass is 9.91. The molecule has 5 heteroatoms. The molecule has 0 radical (unpaired) electrons. The van der Waals surface area contributed by atoms with Crippen LogP contribution in [-0.2, 0) is 14.3 Å². The quantitative estimate of drug-likeness (QED) is 0.708. The minimum absolute atomic E-state index is 0.142. The van der Waals surface area contributed by atoms with Crippen molar-refractivity contribution in [3.63, 3.8) is 0 Å². The number of amides is 2. The van der Waals surface area contributed by atoms with Crippen molar-refractivity contribution in [1.29, 1.82) is 0 Å². The summed E-state index contributed by atoms with van der Waals surface area (Å²) in [4.78, 5) is 26.5. The molecule has 1 atom stereocenters. The third kappa shape index (κ3) is 6.11. The number of rotatable bonds is 7. The summed E-state index contributed by atoms with van der Waals surface area (Å²) in [6, 6.07) is 0. The van der Waals surface area contributed by atoms with E-state index < -0.39 is 0 Å². The average Bonchev–Trinajstić information content (AvgIpc) is 3.19. The first kappa shape index (κ1) is 19.4. The maximum atomic E-state index is 12.5. The maximum absolute atomic E-state index is 12.5. The summed E-state index contributed by atoms with van der Waals surface area (Å²) in [5, 5.41) is 3.00. The van der Waals surface area contributed by atoms with Crippen LogP contribution in [0.3, 0.4) is 0 Å². The molecule has 0 unspecified atom stereocenters. The van der Waals surface area contributed by atoms with Gasteiger partial charge in [0, 0.05) is 39.1 Å². The highest BCUT2D eigenvalue weighted by Gasteiger charge is 2.24. The fraction of sp³-hybridized carbons (Fsp3) is 0.810. The summed E-state index contributed by atoms with van der Waals surface area (Å²) in [5.41, 5.74) is 1.34. The Kier molecular flexibility index (Phi) is 7.54. The van der Waals surface area contributed by atoms with E-state index in [1.165, 1.54) is 18.4 Å². The van der Waals surface area contributed by atoms with Crippen LogP contribution in [0.4, 0.5) is 0 Å². The molecule has 0 aromatic carbocycles. The Hall–Kier alpha value is -1.36. The van der Waals surface area contributed by atoms with Gasteiger partial charge in [-0.05, 0) is 63.7 Å². The molecule has 1 N–H and O–H groups in total. The lowest BCUT2D eigenvalue weighted by Gasteiger charge is -2.32. The van der Waals surface area contributed by atoms with Crippen molar-refractivity contribution in [2.24, 2.45) is 5.92 Å². The first-order valence-electron chi connectivity index (χ1n) is 10.5. The Labute approximate surface area is 157 Å². The number of hydrogen-bond donors (Lipinski definition) is 1. The summed E-state index contributed by atoms with van der Waals surface area (Å²) in [5.74, 6) is 1.01. The SMILES string of the molecule is O=C(CCC1CCN(C(=O)CC2=CCCCC2)CC1)NC[C@H]1CCCO1. The molecular formula is C21H34N2O3. The smallest absolute Gasteiger partial charge is 0.226 e. The van der Waals surface area contributed by atoms with E-state index in [0.29, 0.717) is 31.2 Å². The normalized spacial score (nSPS) is 24.4. The van der Waals surface area contributed by atoms with Crippen molar-refractivity contribution in [3.8, 4) is 0 Å². The zero-order valence-electron chi connectivity index (χ0n) is 16.0. The molecule has 0 bridgehead atoms. The van der Waals surface area contributed by atoms with Crippen LogP contribution in [0.5, 0.6) is 0 Å². The van der Waals surface area contributed by atoms with Gasteiger partial charge in [-0.25, -0.2) is 0 Å². The lowest BCUT2D eigenvalue weighted by Crippen LogP contribution is -2.39. The highest BCUT2D eigenvalue weighted by Crippen LogP contribution is 2.25. The number of carbonyl (C=O) groups is 2. The molecule has 0 aromatic heterocycles. The maximum Gasteiger partial charge on any atom is 0.226 e. The van der Waals surface area contributed by atoms with E-state index in [2.05, 4.69) is 11.4 Å². The zero-order chi connectivity index (χ0) is 18.2. The Balaban J connectivity index is 1.28. The van der Waals surface area contributed by atoms with Gasteiger partial charge < -0.3 is 15.0 Å². The van der Waals surface area contributed by atoms with Gasteiger partial charge in [0.1, 0.15) is 0 Å². The first-order chi connectivity index (χ1) is 12.7. The monoisotopic (exact) mass is 362 g/mol. The van der Waals surface area contributed by atoms with Gasteiger partial charge in [-0.15, -0.1) is 0 Å². The largest absolute Gasteiger partial charge is 0.376 e. The number of nitrogens with one attached hydrogen (secondary N) is 1. The standard InChI is InChI=1S/C21H34N2O3/c24-20(22-16-19-7-4-14-26-19)9-8-17-10-12-23(13-11-17)21(25)15-18-5-2-1-3-6-18/h5,17,19H,1-4,6-16H2,(H,22,24)/t19-/m1/s1. The van der Waals surface area contributed by atoms with Crippen LogP contribution in [0.2, 0.25) is 0 Å². The first-order valence-corrected chi connectivity index (χ1v) is 10.5. The fourth-order valence-electron chi connectivity index (χ4n) is 4.30. The van der Waals surface area contributed by atoms with Crippen LogP contribution in [0.25, 0.3) is 0 Å². The number of nitrogens with zero attached hydrogens (tertiary/aromatic N) is 1. The van der Waals surface area contributed by atoms with Crippen molar-refractivity contribution in [1.82, 2.24) is 10.2 Å². The summed E-state index contributed by atoms with van der Waals surface area (Å²) in [7, 11) is 0. The van der Waals surface area contributed by atoms with E-state index in [4.69, 9.17) is 4.74 Å². The second-order valence-electron chi connectivity index (χ2n) is 8.09. The number of ether oxygens (including phenoxy) is 1. The Morgan fingerprint density at radius 3 is 2.69 bits per heavy atom. The predicted octanol–water partition coefficient (Wildman–Crippen LogP) is 3.19. The molecule has 2 amide bonds. The molecule has 5 nitrogen and oxygen atoms in total. The molecule has 2 saturated heterocycles. The minimum atomic E-state index is 0.142. The van der Waals surface area contributed by atoms with Crippen LogP contribution >= 0.6 is 0 Å². The highest BCUT2D eigenvalue weighted by molar-refractivity contribution is 5.79. The van der Waals surface area contributed by atoms with E-state index in [9.17, 15) is 9.59 Å². The molecule has 0 saturated carbocycles. The fourth-order valence-corrected chi connectivity index (χ4v) is 4.30. The van der Waals surface area contributed by atoms with Crippen molar-refractivity contribution >= 4 is 11.8 Å². The van der Waals surface area contributed by atoms with Crippen molar-refractivity contribution in [2.75, 3.05) is 26.2 Å². The summed E-state index contributed by atoms with van der Waals surface area (Å²) >= 11 is 0. The summed E-state index contributed by atoms with van der Waals surface area (Å²) < 4.78 is 5.53. The second-order valence-corrected chi connectivity index (χ2v) is 8.09. The van der Waals surface area contributed by atoms with Gasteiger partial charge in [-0.2, -0.15) is 0 Å². The summed E-state index contributed by atoms with van der Waals surface area (Å²) in [6.45, 7) is 3.19.